The minimum Gasteiger partial charge on any atom is -0.341 e. The molecule has 0 spiro atoms. The van der Waals surface area contributed by atoms with Crippen molar-refractivity contribution in [2.45, 2.75) is 31.7 Å². The van der Waals surface area contributed by atoms with Crippen LogP contribution in [0.2, 0.25) is 0 Å². The number of likely N-dealkylation sites (N-methyl/N-ethyl adjacent to an activating group) is 1. The Balaban J connectivity index is 1.88. The third kappa shape index (κ3) is 3.73. The first kappa shape index (κ1) is 14.4. The van der Waals surface area contributed by atoms with E-state index in [0.717, 1.165) is 6.42 Å². The zero-order valence-electron chi connectivity index (χ0n) is 10.9. The number of halogens is 2. The molecular formula is C13H18F2N2OS. The average molecular weight is 288 g/mol. The molecule has 19 heavy (non-hydrogen) atoms. The number of nitrogens with zero attached hydrogens (tertiary/aromatic N) is 1. The molecule has 0 radical (unpaired) electrons. The van der Waals surface area contributed by atoms with Gasteiger partial charge in [0.05, 0.1) is 12.6 Å². The van der Waals surface area contributed by atoms with Crippen LogP contribution in [-0.4, -0.2) is 42.4 Å². The van der Waals surface area contributed by atoms with Gasteiger partial charge in [0, 0.05) is 24.4 Å². The number of hydrogen-bond donors (Lipinski definition) is 1. The Morgan fingerprint density at radius 1 is 1.63 bits per heavy atom. The van der Waals surface area contributed by atoms with E-state index in [-0.39, 0.29) is 12.3 Å². The Kier molecular flexibility index (Phi) is 4.52. The van der Waals surface area contributed by atoms with Crippen molar-refractivity contribution in [1.29, 1.82) is 0 Å². The molecule has 1 aliphatic rings. The Hall–Kier alpha value is -1.01. The Labute approximate surface area is 115 Å². The Morgan fingerprint density at radius 3 is 2.95 bits per heavy atom. The van der Waals surface area contributed by atoms with Crippen molar-refractivity contribution in [3.05, 3.63) is 22.4 Å². The maximum absolute atomic E-state index is 13.1. The lowest BCUT2D eigenvalue weighted by Gasteiger charge is -2.24. The van der Waals surface area contributed by atoms with Gasteiger partial charge in [-0.05, 0) is 24.8 Å². The van der Waals surface area contributed by atoms with Crippen molar-refractivity contribution in [1.82, 2.24) is 10.2 Å². The molecule has 3 nitrogen and oxygen atoms in total. The maximum Gasteiger partial charge on any atom is 0.262 e. The van der Waals surface area contributed by atoms with Crippen molar-refractivity contribution in [3.63, 3.8) is 0 Å². The number of nitrogens with one attached hydrogen (secondary N) is 1. The first-order valence-corrected chi connectivity index (χ1v) is 7.32. The quantitative estimate of drug-likeness (QED) is 0.900. The number of carbonyl (C=O) groups excluding carboxylic acids is 1. The summed E-state index contributed by atoms with van der Waals surface area (Å²) in [6.45, 7) is 2.61. The van der Waals surface area contributed by atoms with Gasteiger partial charge in [-0.25, -0.2) is 8.78 Å². The lowest BCUT2D eigenvalue weighted by molar-refractivity contribution is -0.133. The molecule has 1 fully saturated rings. The fourth-order valence-electron chi connectivity index (χ4n) is 2.23. The van der Waals surface area contributed by atoms with Gasteiger partial charge in [0.1, 0.15) is 0 Å². The van der Waals surface area contributed by atoms with Gasteiger partial charge >= 0.3 is 0 Å². The van der Waals surface area contributed by atoms with Crippen molar-refractivity contribution >= 4 is 17.2 Å². The van der Waals surface area contributed by atoms with Gasteiger partial charge in [0.15, 0.2) is 0 Å². The van der Waals surface area contributed by atoms with E-state index >= 15 is 0 Å². The zero-order chi connectivity index (χ0) is 13.9. The second kappa shape index (κ2) is 5.96. The molecule has 1 aromatic rings. The molecule has 106 valence electrons. The summed E-state index contributed by atoms with van der Waals surface area (Å²) in [7, 11) is 0. The molecule has 1 saturated heterocycles. The molecule has 6 heteroatoms. The van der Waals surface area contributed by atoms with Crippen molar-refractivity contribution < 1.29 is 13.6 Å². The summed E-state index contributed by atoms with van der Waals surface area (Å²) in [4.78, 5) is 15.0. The van der Waals surface area contributed by atoms with Crippen LogP contribution in [0.1, 0.15) is 18.2 Å². The van der Waals surface area contributed by atoms with Crippen LogP contribution in [0.3, 0.4) is 0 Å². The fraction of sp³-hybridized carbons (Fsp3) is 0.615. The van der Waals surface area contributed by atoms with E-state index in [1.165, 1.54) is 4.88 Å². The van der Waals surface area contributed by atoms with Gasteiger partial charge in [-0.1, -0.05) is 6.07 Å². The minimum absolute atomic E-state index is 0.212. The van der Waals surface area contributed by atoms with Gasteiger partial charge < -0.3 is 4.90 Å². The summed E-state index contributed by atoms with van der Waals surface area (Å²) in [5.74, 6) is -2.97. The lowest BCUT2D eigenvalue weighted by Crippen LogP contribution is -2.44. The summed E-state index contributed by atoms with van der Waals surface area (Å²) < 4.78 is 26.2. The van der Waals surface area contributed by atoms with Crippen LogP contribution in [0, 0.1) is 0 Å². The number of alkyl halides is 2. The van der Waals surface area contributed by atoms with Crippen molar-refractivity contribution in [3.8, 4) is 0 Å². The highest BCUT2D eigenvalue weighted by molar-refractivity contribution is 7.09. The fourth-order valence-corrected chi connectivity index (χ4v) is 2.93. The van der Waals surface area contributed by atoms with Gasteiger partial charge in [-0.3, -0.25) is 10.1 Å². The van der Waals surface area contributed by atoms with Crippen LogP contribution in [-0.2, 0) is 11.2 Å². The molecule has 1 N–H and O–H groups in total. The number of rotatable bonds is 5. The number of hydrogen-bond acceptors (Lipinski definition) is 3. The SMILES string of the molecule is CCN(CCc1cccs1)C(=O)C1CC(F)(F)CN1. The molecule has 0 saturated carbocycles. The molecular weight excluding hydrogens is 270 g/mol. The van der Waals surface area contributed by atoms with Gasteiger partial charge in [0.25, 0.3) is 5.92 Å². The molecule has 0 bridgehead atoms. The Morgan fingerprint density at radius 2 is 2.42 bits per heavy atom. The smallest absolute Gasteiger partial charge is 0.262 e. The Bertz CT molecular complexity index is 422. The van der Waals surface area contributed by atoms with E-state index in [4.69, 9.17) is 0 Å². The van der Waals surface area contributed by atoms with Gasteiger partial charge in [0.2, 0.25) is 5.91 Å². The third-order valence-corrected chi connectivity index (χ3v) is 4.25. The zero-order valence-corrected chi connectivity index (χ0v) is 11.7. The highest BCUT2D eigenvalue weighted by Gasteiger charge is 2.43. The maximum atomic E-state index is 13.1. The van der Waals surface area contributed by atoms with Crippen LogP contribution in [0.5, 0.6) is 0 Å². The predicted octanol–water partition coefficient (Wildman–Crippen LogP) is 2.14. The van der Waals surface area contributed by atoms with Crippen LogP contribution >= 0.6 is 11.3 Å². The highest BCUT2D eigenvalue weighted by Crippen LogP contribution is 2.26. The molecule has 2 heterocycles. The molecule has 1 unspecified atom stereocenters. The number of amides is 1. The molecule has 0 aliphatic carbocycles. The summed E-state index contributed by atoms with van der Waals surface area (Å²) in [5, 5.41) is 4.61. The van der Waals surface area contributed by atoms with Crippen LogP contribution in [0.25, 0.3) is 0 Å². The first-order chi connectivity index (χ1) is 9.02. The molecule has 1 aromatic heterocycles. The standard InChI is InChI=1S/C13H18F2N2OS/c1-2-17(6-5-10-4-3-7-19-10)12(18)11-8-13(14,15)9-16-11/h3-4,7,11,16H,2,5-6,8-9H2,1H3. The number of thiophene rings is 1. The monoisotopic (exact) mass is 288 g/mol. The summed E-state index contributed by atoms with van der Waals surface area (Å²) >= 11 is 1.65. The van der Waals surface area contributed by atoms with E-state index < -0.39 is 18.5 Å². The van der Waals surface area contributed by atoms with Crippen molar-refractivity contribution in [2.24, 2.45) is 0 Å². The van der Waals surface area contributed by atoms with E-state index in [2.05, 4.69) is 5.32 Å². The van der Waals surface area contributed by atoms with E-state index in [1.807, 2.05) is 24.4 Å². The minimum atomic E-state index is -2.76. The average Bonchev–Trinajstić information content (AvgIpc) is 2.99. The summed E-state index contributed by atoms with van der Waals surface area (Å²) in [6, 6.07) is 3.25. The number of carbonyl (C=O) groups is 1. The third-order valence-electron chi connectivity index (χ3n) is 3.31. The lowest BCUT2D eigenvalue weighted by atomic mass is 10.1. The van der Waals surface area contributed by atoms with Gasteiger partial charge in [-0.2, -0.15) is 0 Å². The highest BCUT2D eigenvalue weighted by atomic mass is 32.1. The van der Waals surface area contributed by atoms with E-state index in [0.29, 0.717) is 13.1 Å². The normalized spacial score (nSPS) is 21.5. The van der Waals surface area contributed by atoms with Crippen LogP contribution < -0.4 is 5.32 Å². The van der Waals surface area contributed by atoms with Crippen LogP contribution in [0.4, 0.5) is 8.78 Å². The van der Waals surface area contributed by atoms with Crippen molar-refractivity contribution in [2.75, 3.05) is 19.6 Å². The molecule has 2 rings (SSSR count). The molecule has 1 aliphatic heterocycles. The molecule has 1 amide bonds. The second-order valence-electron chi connectivity index (χ2n) is 4.74. The largest absolute Gasteiger partial charge is 0.341 e. The first-order valence-electron chi connectivity index (χ1n) is 6.44. The summed E-state index contributed by atoms with van der Waals surface area (Å²) in [5.41, 5.74) is 0. The topological polar surface area (TPSA) is 32.3 Å². The predicted molar refractivity (Wildman–Crippen MR) is 71.6 cm³/mol. The van der Waals surface area contributed by atoms with Crippen LogP contribution in [0.15, 0.2) is 17.5 Å². The second-order valence-corrected chi connectivity index (χ2v) is 5.77. The van der Waals surface area contributed by atoms with E-state index in [1.54, 1.807) is 16.2 Å². The molecule has 1 atom stereocenters. The van der Waals surface area contributed by atoms with E-state index in [9.17, 15) is 13.6 Å². The summed E-state index contributed by atoms with van der Waals surface area (Å²) in [6.07, 6.45) is 0.391. The molecule has 0 aromatic carbocycles. The van der Waals surface area contributed by atoms with Gasteiger partial charge in [-0.15, -0.1) is 11.3 Å².